The summed E-state index contributed by atoms with van der Waals surface area (Å²) in [6.07, 6.45) is 13.6. The van der Waals surface area contributed by atoms with Gasteiger partial charge in [0.05, 0.1) is 0 Å². The molecule has 0 spiro atoms. The van der Waals surface area contributed by atoms with Gasteiger partial charge in [-0.25, -0.2) is 4.99 Å². The molecule has 1 N–H and O–H groups in total. The maximum Gasteiger partial charge on any atom is 0.166 e. The minimum absolute atomic E-state index is 1.88. The van der Waals surface area contributed by atoms with Gasteiger partial charge < -0.3 is 0 Å². The summed E-state index contributed by atoms with van der Waals surface area (Å²) in [5, 5.41) is 0. The summed E-state index contributed by atoms with van der Waals surface area (Å²) in [5.41, 5.74) is 0. The third-order valence-corrected chi connectivity index (χ3v) is 0.829. The van der Waals surface area contributed by atoms with Crippen LogP contribution in [-0.2, 0) is 0 Å². The zero-order valence-electron chi connectivity index (χ0n) is 4.54. The number of hydrogen-bond donors (Lipinski definition) is 1. The molecule has 8 heavy (non-hydrogen) atoms. The van der Waals surface area contributed by atoms with E-state index in [4.69, 9.17) is 0 Å². The fourth-order valence-corrected chi connectivity index (χ4v) is 0.470. The van der Waals surface area contributed by atoms with E-state index in [9.17, 15) is 0 Å². The number of hydrogen-bond acceptors (Lipinski definition) is 0. The first kappa shape index (κ1) is 5.04. The molecule has 0 unspecified atom stereocenters. The standard InChI is InChI=1S/C7H7N/c1-2-4-6-8-7-5-3-1/h1-7H/p+1/b2-1?,3-1?,4-2?,5-3?,6-4-,7-5?,8-6?,8-7?. The molecule has 40 valence electrons. The molecule has 0 aliphatic carbocycles. The van der Waals surface area contributed by atoms with Crippen molar-refractivity contribution in [1.29, 1.82) is 0 Å². The largest absolute Gasteiger partial charge is 0.218 e. The molecule has 0 radical (unpaired) electrons. The third-order valence-electron chi connectivity index (χ3n) is 0.829. The van der Waals surface area contributed by atoms with Gasteiger partial charge in [-0.05, 0) is 0 Å². The summed E-state index contributed by atoms with van der Waals surface area (Å²) in [5.74, 6) is 0. The van der Waals surface area contributed by atoms with E-state index in [-0.39, 0.29) is 0 Å². The van der Waals surface area contributed by atoms with Crippen LogP contribution in [0.15, 0.2) is 36.6 Å². The minimum atomic E-state index is 1.88. The Morgan fingerprint density at radius 1 is 0.750 bits per heavy atom. The Bertz CT molecular complexity index is 105. The van der Waals surface area contributed by atoms with Crippen molar-refractivity contribution >= 4 is 6.21 Å². The molecule has 0 atom stereocenters. The van der Waals surface area contributed by atoms with Crippen LogP contribution in [0.25, 0.3) is 0 Å². The highest BCUT2D eigenvalue weighted by atomic mass is 14.6. The molecule has 0 saturated carbocycles. The lowest BCUT2D eigenvalue weighted by molar-refractivity contribution is -0.365. The topological polar surface area (TPSA) is 14.0 Å². The molecular weight excluding hydrogens is 98.1 g/mol. The second kappa shape index (κ2) is 2.97. The molecule has 0 saturated heterocycles. The predicted molar refractivity (Wildman–Crippen MR) is 34.4 cm³/mol. The first-order valence-electron chi connectivity index (χ1n) is 2.58. The Hall–Kier alpha value is -1.11. The number of allylic oxidation sites excluding steroid dienone is 5. The van der Waals surface area contributed by atoms with E-state index in [1.165, 1.54) is 0 Å². The Morgan fingerprint density at radius 3 is 2.50 bits per heavy atom. The van der Waals surface area contributed by atoms with Gasteiger partial charge in [0.15, 0.2) is 12.4 Å². The number of rotatable bonds is 0. The van der Waals surface area contributed by atoms with Crippen LogP contribution in [0.5, 0.6) is 0 Å². The van der Waals surface area contributed by atoms with E-state index in [0.29, 0.717) is 0 Å². The molecule has 1 heteroatoms. The van der Waals surface area contributed by atoms with E-state index < -0.39 is 0 Å². The summed E-state index contributed by atoms with van der Waals surface area (Å²) in [6.45, 7) is 0. The molecule has 1 aliphatic heterocycles. The van der Waals surface area contributed by atoms with Crippen molar-refractivity contribution in [2.45, 2.75) is 0 Å². The van der Waals surface area contributed by atoms with Crippen LogP contribution in [0, 0.1) is 0 Å². The van der Waals surface area contributed by atoms with E-state index in [1.54, 1.807) is 0 Å². The van der Waals surface area contributed by atoms with Crippen molar-refractivity contribution in [3.63, 3.8) is 0 Å². The summed E-state index contributed by atoms with van der Waals surface area (Å²) in [7, 11) is 0. The van der Waals surface area contributed by atoms with Crippen LogP contribution in [-0.4, -0.2) is 6.21 Å². The number of nitrogens with one attached hydrogen (secondary N) is 1. The van der Waals surface area contributed by atoms with Gasteiger partial charge in [0.1, 0.15) is 0 Å². The second-order valence-electron chi connectivity index (χ2n) is 1.46. The summed E-state index contributed by atoms with van der Waals surface area (Å²) < 4.78 is 0. The predicted octanol–water partition coefficient (Wildman–Crippen LogP) is -0.222. The Balaban J connectivity index is 2.67. The molecule has 1 heterocycles. The molecule has 0 fully saturated rings. The van der Waals surface area contributed by atoms with Crippen molar-refractivity contribution in [1.82, 2.24) is 0 Å². The van der Waals surface area contributed by atoms with E-state index in [1.807, 2.05) is 42.8 Å². The fourth-order valence-electron chi connectivity index (χ4n) is 0.470. The van der Waals surface area contributed by atoms with Gasteiger partial charge in [-0.3, -0.25) is 0 Å². The average molecular weight is 106 g/mol. The Morgan fingerprint density at radius 2 is 1.50 bits per heavy atom. The third kappa shape index (κ3) is 1.56. The SMILES string of the molecule is C1=CC=[NH+]/C=C\C=C1. The van der Waals surface area contributed by atoms with Crippen LogP contribution < -0.4 is 4.99 Å². The second-order valence-corrected chi connectivity index (χ2v) is 1.46. The fraction of sp³-hybridized carbons (Fsp3) is 0. The highest BCUT2D eigenvalue weighted by Gasteiger charge is 1.71. The van der Waals surface area contributed by atoms with Crippen LogP contribution in [0.1, 0.15) is 0 Å². The van der Waals surface area contributed by atoms with Gasteiger partial charge in [0, 0.05) is 12.2 Å². The average Bonchev–Trinajstić information content (AvgIpc) is 1.62. The summed E-state index contributed by atoms with van der Waals surface area (Å²) >= 11 is 0. The Labute approximate surface area is 48.7 Å². The minimum Gasteiger partial charge on any atom is -0.218 e. The van der Waals surface area contributed by atoms with Gasteiger partial charge in [-0.1, -0.05) is 18.2 Å². The van der Waals surface area contributed by atoms with E-state index in [2.05, 4.69) is 4.99 Å². The lowest BCUT2D eigenvalue weighted by Gasteiger charge is -1.72. The zero-order valence-corrected chi connectivity index (χ0v) is 4.54. The molecule has 0 bridgehead atoms. The van der Waals surface area contributed by atoms with Gasteiger partial charge in [-0.15, -0.1) is 0 Å². The molecule has 0 aromatic carbocycles. The van der Waals surface area contributed by atoms with Crippen LogP contribution >= 0.6 is 0 Å². The van der Waals surface area contributed by atoms with Crippen molar-refractivity contribution in [2.75, 3.05) is 0 Å². The Kier molecular flexibility index (Phi) is 1.87. The molecule has 0 aromatic rings. The molecule has 0 aromatic heterocycles. The monoisotopic (exact) mass is 106 g/mol. The highest BCUT2D eigenvalue weighted by molar-refractivity contribution is 5.66. The normalized spacial score (nSPS) is 20.0. The lowest BCUT2D eigenvalue weighted by atomic mass is 10.4. The molecule has 1 nitrogen and oxygen atoms in total. The van der Waals surface area contributed by atoms with Crippen molar-refractivity contribution in [3.05, 3.63) is 36.6 Å². The molecule has 1 aliphatic rings. The maximum absolute atomic E-state index is 2.94. The van der Waals surface area contributed by atoms with Crippen molar-refractivity contribution < 1.29 is 4.99 Å². The first-order chi connectivity index (χ1) is 4.00. The van der Waals surface area contributed by atoms with Gasteiger partial charge in [-0.2, -0.15) is 0 Å². The summed E-state index contributed by atoms with van der Waals surface area (Å²) in [6, 6.07) is 0. The van der Waals surface area contributed by atoms with E-state index in [0.717, 1.165) is 0 Å². The molecular formula is C7H8N+. The molecule has 0 amide bonds. The molecule has 1 rings (SSSR count). The van der Waals surface area contributed by atoms with Crippen molar-refractivity contribution in [2.24, 2.45) is 0 Å². The van der Waals surface area contributed by atoms with E-state index >= 15 is 0 Å². The quantitative estimate of drug-likeness (QED) is 0.439. The van der Waals surface area contributed by atoms with Crippen LogP contribution in [0.4, 0.5) is 0 Å². The summed E-state index contributed by atoms with van der Waals surface area (Å²) in [4.78, 5) is 2.94. The van der Waals surface area contributed by atoms with Crippen molar-refractivity contribution in [3.8, 4) is 0 Å². The van der Waals surface area contributed by atoms with Gasteiger partial charge in [0.2, 0.25) is 0 Å². The van der Waals surface area contributed by atoms with Gasteiger partial charge >= 0.3 is 0 Å². The lowest BCUT2D eigenvalue weighted by Crippen LogP contribution is -2.60. The van der Waals surface area contributed by atoms with Gasteiger partial charge in [0.25, 0.3) is 0 Å². The van der Waals surface area contributed by atoms with Crippen LogP contribution in [0.3, 0.4) is 0 Å². The van der Waals surface area contributed by atoms with Crippen LogP contribution in [0.2, 0.25) is 0 Å². The zero-order chi connectivity index (χ0) is 5.66. The highest BCUT2D eigenvalue weighted by Crippen LogP contribution is 1.75. The maximum atomic E-state index is 2.94. The smallest absolute Gasteiger partial charge is 0.166 e. The first-order valence-corrected chi connectivity index (χ1v) is 2.58.